The third kappa shape index (κ3) is 4.44. The van der Waals surface area contributed by atoms with Gasteiger partial charge in [0.15, 0.2) is 11.5 Å². The molecule has 1 N–H and O–H groups in total. The maximum absolute atomic E-state index is 14.2. The zero-order chi connectivity index (χ0) is 22.7. The average Bonchev–Trinajstić information content (AvgIpc) is 3.02. The van der Waals surface area contributed by atoms with Crippen LogP contribution in [0.2, 0.25) is 5.02 Å². The summed E-state index contributed by atoms with van der Waals surface area (Å²) in [7, 11) is 4.44. The monoisotopic (exact) mass is 447 g/mol. The second-order valence-electron chi connectivity index (χ2n) is 6.77. The Kier molecular flexibility index (Phi) is 6.70. The van der Waals surface area contributed by atoms with Crippen molar-refractivity contribution in [3.8, 4) is 17.2 Å². The van der Waals surface area contributed by atoms with Gasteiger partial charge in [0.2, 0.25) is 5.75 Å². The number of ether oxygens (including phenoxy) is 3. The summed E-state index contributed by atoms with van der Waals surface area (Å²) in [6.07, 6.45) is 0. The van der Waals surface area contributed by atoms with Crippen molar-refractivity contribution in [1.82, 2.24) is 9.78 Å². The molecule has 9 heteroatoms. The van der Waals surface area contributed by atoms with Crippen LogP contribution in [0.15, 0.2) is 30.3 Å². The first-order valence-corrected chi connectivity index (χ1v) is 9.76. The van der Waals surface area contributed by atoms with E-state index in [1.54, 1.807) is 42.8 Å². The highest BCUT2D eigenvalue weighted by atomic mass is 35.5. The van der Waals surface area contributed by atoms with Crippen LogP contribution in [0.5, 0.6) is 17.2 Å². The summed E-state index contributed by atoms with van der Waals surface area (Å²) < 4.78 is 31.7. The molecule has 0 radical (unpaired) electrons. The van der Waals surface area contributed by atoms with E-state index in [2.05, 4.69) is 10.4 Å². The van der Waals surface area contributed by atoms with Crippen molar-refractivity contribution in [2.75, 3.05) is 26.6 Å². The number of hydrogen-bond donors (Lipinski definition) is 1. The van der Waals surface area contributed by atoms with Crippen LogP contribution in [0.4, 0.5) is 10.1 Å². The van der Waals surface area contributed by atoms with Gasteiger partial charge in [-0.2, -0.15) is 5.10 Å². The number of nitrogens with zero attached hydrogens (tertiary/aromatic N) is 2. The number of amides is 1. The van der Waals surface area contributed by atoms with E-state index in [0.717, 1.165) is 0 Å². The molecule has 164 valence electrons. The van der Waals surface area contributed by atoms with E-state index in [4.69, 9.17) is 25.8 Å². The first-order valence-electron chi connectivity index (χ1n) is 9.38. The van der Waals surface area contributed by atoms with Gasteiger partial charge in [0.05, 0.1) is 44.9 Å². The third-order valence-electron chi connectivity index (χ3n) is 4.92. The number of halogens is 2. The maximum atomic E-state index is 14.2. The number of nitrogens with one attached hydrogen (secondary N) is 1. The molecule has 2 aromatic carbocycles. The first kappa shape index (κ1) is 22.4. The molecular formula is C22H23ClFN3O4. The lowest BCUT2D eigenvalue weighted by molar-refractivity contribution is 0.102. The predicted octanol–water partition coefficient (Wildman–Crippen LogP) is 4.62. The Bertz CT molecular complexity index is 1080. The quantitative estimate of drug-likeness (QED) is 0.572. The molecule has 0 spiro atoms. The van der Waals surface area contributed by atoms with Crippen LogP contribution in [-0.2, 0) is 6.54 Å². The van der Waals surface area contributed by atoms with Crippen LogP contribution < -0.4 is 19.5 Å². The van der Waals surface area contributed by atoms with Crippen LogP contribution in [-0.4, -0.2) is 37.0 Å². The molecule has 31 heavy (non-hydrogen) atoms. The molecule has 1 amide bonds. The van der Waals surface area contributed by atoms with E-state index in [-0.39, 0.29) is 12.5 Å². The Morgan fingerprint density at radius 2 is 1.77 bits per heavy atom. The third-order valence-corrected chi connectivity index (χ3v) is 5.27. The summed E-state index contributed by atoms with van der Waals surface area (Å²) in [5.41, 5.74) is 2.44. The number of aromatic nitrogens is 2. The summed E-state index contributed by atoms with van der Waals surface area (Å²) in [5, 5.41) is 7.62. The Hall–Kier alpha value is -3.26. The van der Waals surface area contributed by atoms with E-state index in [1.807, 2.05) is 0 Å². The molecule has 0 aliphatic carbocycles. The minimum atomic E-state index is -0.414. The topological polar surface area (TPSA) is 74.6 Å². The molecule has 1 aromatic heterocycles. The summed E-state index contributed by atoms with van der Waals surface area (Å²) in [4.78, 5) is 12.9. The maximum Gasteiger partial charge on any atom is 0.256 e. The molecule has 0 aliphatic rings. The van der Waals surface area contributed by atoms with Gasteiger partial charge in [-0.3, -0.25) is 9.48 Å². The van der Waals surface area contributed by atoms with Crippen molar-refractivity contribution in [2.45, 2.75) is 20.4 Å². The zero-order valence-corrected chi connectivity index (χ0v) is 18.6. The number of aryl methyl sites for hydroxylation is 1. The Morgan fingerprint density at radius 1 is 1.13 bits per heavy atom. The fourth-order valence-corrected chi connectivity index (χ4v) is 3.49. The average molecular weight is 448 g/mol. The number of anilines is 1. The molecule has 7 nitrogen and oxygen atoms in total. The molecular weight excluding hydrogens is 425 g/mol. The molecule has 0 atom stereocenters. The van der Waals surface area contributed by atoms with E-state index in [9.17, 15) is 9.18 Å². The summed E-state index contributed by atoms with van der Waals surface area (Å²) >= 11 is 6.14. The number of hydrogen-bond acceptors (Lipinski definition) is 5. The largest absolute Gasteiger partial charge is 0.493 e. The van der Waals surface area contributed by atoms with Crippen molar-refractivity contribution in [3.63, 3.8) is 0 Å². The van der Waals surface area contributed by atoms with Crippen molar-refractivity contribution in [2.24, 2.45) is 0 Å². The molecule has 0 fully saturated rings. The molecule has 1 heterocycles. The van der Waals surface area contributed by atoms with Crippen LogP contribution in [0.1, 0.15) is 27.3 Å². The minimum Gasteiger partial charge on any atom is -0.493 e. The normalized spacial score (nSPS) is 10.7. The van der Waals surface area contributed by atoms with Gasteiger partial charge in [0.1, 0.15) is 5.82 Å². The van der Waals surface area contributed by atoms with Crippen molar-refractivity contribution in [3.05, 3.63) is 63.7 Å². The van der Waals surface area contributed by atoms with Gasteiger partial charge in [-0.15, -0.1) is 0 Å². The molecule has 0 saturated heterocycles. The van der Waals surface area contributed by atoms with Gasteiger partial charge in [0, 0.05) is 16.1 Å². The van der Waals surface area contributed by atoms with E-state index in [0.29, 0.717) is 50.5 Å². The van der Waals surface area contributed by atoms with E-state index >= 15 is 0 Å². The van der Waals surface area contributed by atoms with Crippen LogP contribution in [0, 0.1) is 19.7 Å². The predicted molar refractivity (Wildman–Crippen MR) is 116 cm³/mol. The zero-order valence-electron chi connectivity index (χ0n) is 17.9. The van der Waals surface area contributed by atoms with E-state index in [1.165, 1.54) is 27.4 Å². The second kappa shape index (κ2) is 9.26. The number of carbonyl (C=O) groups excluding carboxylic acids is 1. The second-order valence-corrected chi connectivity index (χ2v) is 7.18. The highest BCUT2D eigenvalue weighted by molar-refractivity contribution is 6.31. The molecule has 3 rings (SSSR count). The minimum absolute atomic E-state index is 0.137. The van der Waals surface area contributed by atoms with Gasteiger partial charge in [-0.1, -0.05) is 17.7 Å². The van der Waals surface area contributed by atoms with Gasteiger partial charge in [-0.25, -0.2) is 4.39 Å². The highest BCUT2D eigenvalue weighted by Crippen LogP contribution is 2.38. The van der Waals surface area contributed by atoms with Gasteiger partial charge in [0.25, 0.3) is 5.91 Å². The van der Waals surface area contributed by atoms with Gasteiger partial charge < -0.3 is 19.5 Å². The SMILES string of the molecule is COc1cc(C(=O)Nc2c(C)nn(Cc3c(F)cccc3Cl)c2C)cc(OC)c1OC. The lowest BCUT2D eigenvalue weighted by Crippen LogP contribution is -2.14. The summed E-state index contributed by atoms with van der Waals surface area (Å²) in [5.74, 6) is 0.330. The van der Waals surface area contributed by atoms with Crippen molar-refractivity contribution in [1.29, 1.82) is 0 Å². The van der Waals surface area contributed by atoms with Crippen LogP contribution in [0.25, 0.3) is 0 Å². The van der Waals surface area contributed by atoms with Gasteiger partial charge in [-0.05, 0) is 38.1 Å². The lowest BCUT2D eigenvalue weighted by atomic mass is 10.1. The van der Waals surface area contributed by atoms with Gasteiger partial charge >= 0.3 is 0 Å². The standard InChI is InChI=1S/C22H23ClFN3O4/c1-12-20(13(2)27(26-12)11-15-16(23)7-6-8-17(15)24)25-22(28)14-9-18(29-3)21(31-5)19(10-14)30-4/h6-10H,11H2,1-5H3,(H,25,28). The summed E-state index contributed by atoms with van der Waals surface area (Å²) in [6, 6.07) is 7.64. The smallest absolute Gasteiger partial charge is 0.256 e. The molecule has 0 unspecified atom stereocenters. The number of carbonyl (C=O) groups is 1. The Morgan fingerprint density at radius 3 is 2.32 bits per heavy atom. The molecule has 0 saturated carbocycles. The molecule has 0 aliphatic heterocycles. The first-order chi connectivity index (χ1) is 14.8. The Balaban J connectivity index is 1.91. The van der Waals surface area contributed by atoms with Crippen LogP contribution >= 0.6 is 11.6 Å². The van der Waals surface area contributed by atoms with E-state index < -0.39 is 5.82 Å². The number of rotatable bonds is 7. The summed E-state index contributed by atoms with van der Waals surface area (Å²) in [6.45, 7) is 3.69. The fourth-order valence-electron chi connectivity index (χ4n) is 3.26. The molecule has 3 aromatic rings. The fraction of sp³-hybridized carbons (Fsp3) is 0.273. The van der Waals surface area contributed by atoms with Crippen molar-refractivity contribution < 1.29 is 23.4 Å². The number of methoxy groups -OCH3 is 3. The van der Waals surface area contributed by atoms with Crippen LogP contribution in [0.3, 0.4) is 0 Å². The van der Waals surface area contributed by atoms with Crippen molar-refractivity contribution >= 4 is 23.2 Å². The number of benzene rings is 2. The lowest BCUT2D eigenvalue weighted by Gasteiger charge is -2.14. The highest BCUT2D eigenvalue weighted by Gasteiger charge is 2.20. The molecule has 0 bridgehead atoms. The Labute approximate surface area is 184 Å².